The first kappa shape index (κ1) is 20.5. The first-order valence-corrected chi connectivity index (χ1v) is 9.11. The van der Waals surface area contributed by atoms with E-state index in [9.17, 15) is 13.2 Å². The van der Waals surface area contributed by atoms with Crippen LogP contribution in [0.15, 0.2) is 30.6 Å². The van der Waals surface area contributed by atoms with Gasteiger partial charge in [-0.3, -0.25) is 4.68 Å². The van der Waals surface area contributed by atoms with Crippen molar-refractivity contribution < 1.29 is 13.2 Å². The maximum absolute atomic E-state index is 13.0. The Morgan fingerprint density at radius 3 is 2.52 bits per heavy atom. The molecule has 0 spiro atoms. The van der Waals surface area contributed by atoms with Gasteiger partial charge in [0.1, 0.15) is 11.4 Å². The highest BCUT2D eigenvalue weighted by atomic mass is 19.4. The van der Waals surface area contributed by atoms with Crippen LogP contribution < -0.4 is 10.6 Å². The molecule has 0 saturated carbocycles. The summed E-state index contributed by atoms with van der Waals surface area (Å²) in [7, 11) is 0. The number of alkyl halides is 3. The summed E-state index contributed by atoms with van der Waals surface area (Å²) >= 11 is 0. The first-order valence-electron chi connectivity index (χ1n) is 9.11. The lowest BCUT2D eigenvalue weighted by molar-refractivity contribution is -0.141. The predicted molar refractivity (Wildman–Crippen MR) is 103 cm³/mol. The van der Waals surface area contributed by atoms with Crippen molar-refractivity contribution >= 4 is 17.6 Å². The van der Waals surface area contributed by atoms with Gasteiger partial charge in [0.2, 0.25) is 11.9 Å². The van der Waals surface area contributed by atoms with Crippen LogP contribution in [0.5, 0.6) is 0 Å². The summed E-state index contributed by atoms with van der Waals surface area (Å²) in [6.07, 6.45) is -0.208. The molecule has 0 aromatic carbocycles. The van der Waals surface area contributed by atoms with E-state index in [-0.39, 0.29) is 29.5 Å². The summed E-state index contributed by atoms with van der Waals surface area (Å²) in [5.74, 6) is 0.429. The van der Waals surface area contributed by atoms with Gasteiger partial charge in [0, 0.05) is 18.8 Å². The second-order valence-corrected chi connectivity index (χ2v) is 6.63. The average Bonchev–Trinajstić information content (AvgIpc) is 3.07. The third kappa shape index (κ3) is 5.39. The van der Waals surface area contributed by atoms with Crippen molar-refractivity contribution in [2.45, 2.75) is 46.0 Å². The second kappa shape index (κ2) is 8.41. The molecule has 3 rings (SSSR count). The van der Waals surface area contributed by atoms with E-state index in [1.165, 1.54) is 12.1 Å². The van der Waals surface area contributed by atoms with Gasteiger partial charge in [-0.2, -0.15) is 33.2 Å². The molecule has 0 aliphatic heterocycles. The Bertz CT molecular complexity index is 968. The molecule has 0 unspecified atom stereocenters. The van der Waals surface area contributed by atoms with E-state index >= 15 is 0 Å². The van der Waals surface area contributed by atoms with Gasteiger partial charge in [-0.1, -0.05) is 13.0 Å². The van der Waals surface area contributed by atoms with E-state index < -0.39 is 11.9 Å². The summed E-state index contributed by atoms with van der Waals surface area (Å²) < 4.78 is 40.8. The molecule has 154 valence electrons. The number of hydrogen-bond acceptors (Lipinski definition) is 7. The molecule has 0 radical (unpaired) electrons. The Morgan fingerprint density at radius 1 is 1.07 bits per heavy atom. The molecule has 11 heteroatoms. The van der Waals surface area contributed by atoms with E-state index in [0.29, 0.717) is 5.69 Å². The van der Waals surface area contributed by atoms with Crippen LogP contribution in [0.3, 0.4) is 0 Å². The molecule has 0 bridgehead atoms. The van der Waals surface area contributed by atoms with Crippen molar-refractivity contribution in [3.05, 3.63) is 36.3 Å². The molecule has 29 heavy (non-hydrogen) atoms. The van der Waals surface area contributed by atoms with Gasteiger partial charge in [-0.05, 0) is 32.4 Å². The molecule has 0 atom stereocenters. The minimum absolute atomic E-state index is 0.00115. The van der Waals surface area contributed by atoms with Crippen LogP contribution in [0.4, 0.5) is 30.8 Å². The van der Waals surface area contributed by atoms with Gasteiger partial charge < -0.3 is 10.6 Å². The fourth-order valence-electron chi connectivity index (χ4n) is 2.49. The SMILES string of the molecule is CCCn1cc(Nc2nc(NC(C)C)nc(-c3cccc(C(F)(F)F)n3)n2)cn1. The van der Waals surface area contributed by atoms with Crippen molar-refractivity contribution in [1.82, 2.24) is 29.7 Å². The van der Waals surface area contributed by atoms with E-state index in [0.717, 1.165) is 19.0 Å². The molecule has 8 nitrogen and oxygen atoms in total. The highest BCUT2D eigenvalue weighted by Crippen LogP contribution is 2.29. The number of halogens is 3. The Hall–Kier alpha value is -3.24. The fourth-order valence-corrected chi connectivity index (χ4v) is 2.49. The zero-order chi connectivity index (χ0) is 21.0. The zero-order valence-corrected chi connectivity index (χ0v) is 16.2. The zero-order valence-electron chi connectivity index (χ0n) is 16.2. The predicted octanol–water partition coefficient (Wildman–Crippen LogP) is 4.12. The number of nitrogens with zero attached hydrogens (tertiary/aromatic N) is 6. The standard InChI is InChI=1S/C18H21F3N8/c1-4-8-29-10-12(9-22-29)24-17-27-15(26-16(28-17)23-11(2)3)13-6-5-7-14(25-13)18(19,20)21/h5-7,9-11H,4,8H2,1-3H3,(H2,23,24,26,27,28). The molecule has 0 saturated heterocycles. The van der Waals surface area contributed by atoms with Crippen LogP contribution in [0.2, 0.25) is 0 Å². The highest BCUT2D eigenvalue weighted by molar-refractivity contribution is 5.58. The second-order valence-electron chi connectivity index (χ2n) is 6.63. The van der Waals surface area contributed by atoms with Crippen LogP contribution in [0.1, 0.15) is 32.9 Å². The van der Waals surface area contributed by atoms with E-state index in [2.05, 4.69) is 35.7 Å². The largest absolute Gasteiger partial charge is 0.433 e. The minimum atomic E-state index is -4.56. The summed E-state index contributed by atoms with van der Waals surface area (Å²) in [6.45, 7) is 6.60. The van der Waals surface area contributed by atoms with E-state index in [1.807, 2.05) is 20.8 Å². The molecule has 0 amide bonds. The third-order valence-corrected chi connectivity index (χ3v) is 3.66. The molecule has 3 aromatic heterocycles. The summed E-state index contributed by atoms with van der Waals surface area (Å²) in [5.41, 5.74) is -0.356. The molecule has 0 fully saturated rings. The molecule has 3 aromatic rings. The van der Waals surface area contributed by atoms with Crippen molar-refractivity contribution in [2.75, 3.05) is 10.6 Å². The third-order valence-electron chi connectivity index (χ3n) is 3.66. The fraction of sp³-hybridized carbons (Fsp3) is 0.389. The molecular weight excluding hydrogens is 385 g/mol. The van der Waals surface area contributed by atoms with Crippen molar-refractivity contribution in [3.8, 4) is 11.5 Å². The number of rotatable bonds is 7. The Balaban J connectivity index is 1.97. The van der Waals surface area contributed by atoms with E-state index in [1.54, 1.807) is 17.1 Å². The summed E-state index contributed by atoms with van der Waals surface area (Å²) in [5, 5.41) is 10.3. The van der Waals surface area contributed by atoms with Gasteiger partial charge in [-0.25, -0.2) is 4.98 Å². The summed E-state index contributed by atoms with van der Waals surface area (Å²) in [6, 6.07) is 3.61. The van der Waals surface area contributed by atoms with Crippen LogP contribution >= 0.6 is 0 Å². The quantitative estimate of drug-likeness (QED) is 0.609. The molecular formula is C18H21F3N8. The van der Waals surface area contributed by atoms with Gasteiger partial charge in [0.15, 0.2) is 5.82 Å². The maximum Gasteiger partial charge on any atom is 0.433 e. The van der Waals surface area contributed by atoms with Crippen LogP contribution in [0.25, 0.3) is 11.5 Å². The Labute approximate surface area is 165 Å². The lowest BCUT2D eigenvalue weighted by Gasteiger charge is -2.12. The van der Waals surface area contributed by atoms with Crippen LogP contribution in [-0.2, 0) is 12.7 Å². The maximum atomic E-state index is 13.0. The molecule has 0 aliphatic rings. The average molecular weight is 406 g/mol. The first-order chi connectivity index (χ1) is 13.7. The lowest BCUT2D eigenvalue weighted by Crippen LogP contribution is -2.15. The van der Waals surface area contributed by atoms with Crippen molar-refractivity contribution in [3.63, 3.8) is 0 Å². The van der Waals surface area contributed by atoms with Gasteiger partial charge in [0.25, 0.3) is 0 Å². The van der Waals surface area contributed by atoms with Crippen molar-refractivity contribution in [1.29, 1.82) is 0 Å². The smallest absolute Gasteiger partial charge is 0.352 e. The van der Waals surface area contributed by atoms with Crippen LogP contribution in [0, 0.1) is 0 Å². The molecule has 3 heterocycles. The monoisotopic (exact) mass is 406 g/mol. The van der Waals surface area contributed by atoms with Gasteiger partial charge in [-0.15, -0.1) is 0 Å². The minimum Gasteiger partial charge on any atom is -0.352 e. The topological polar surface area (TPSA) is 93.4 Å². The van der Waals surface area contributed by atoms with Crippen molar-refractivity contribution in [2.24, 2.45) is 0 Å². The normalized spacial score (nSPS) is 11.7. The van der Waals surface area contributed by atoms with Gasteiger partial charge >= 0.3 is 6.18 Å². The lowest BCUT2D eigenvalue weighted by atomic mass is 10.3. The number of pyridine rings is 1. The Kier molecular flexibility index (Phi) is 5.95. The summed E-state index contributed by atoms with van der Waals surface area (Å²) in [4.78, 5) is 16.4. The number of nitrogens with one attached hydrogen (secondary N) is 2. The number of aromatic nitrogens is 6. The van der Waals surface area contributed by atoms with Gasteiger partial charge in [0.05, 0.1) is 11.9 Å². The highest BCUT2D eigenvalue weighted by Gasteiger charge is 2.32. The Morgan fingerprint density at radius 2 is 1.83 bits per heavy atom. The molecule has 0 aliphatic carbocycles. The number of aryl methyl sites for hydroxylation is 1. The number of hydrogen-bond donors (Lipinski definition) is 2. The number of anilines is 3. The molecule has 2 N–H and O–H groups in total. The van der Waals surface area contributed by atoms with Crippen LogP contribution in [-0.4, -0.2) is 35.8 Å². The van der Waals surface area contributed by atoms with E-state index in [4.69, 9.17) is 0 Å².